The van der Waals surface area contributed by atoms with E-state index in [-0.39, 0.29) is 17.3 Å². The molecule has 0 spiro atoms. The van der Waals surface area contributed by atoms with Crippen LogP contribution in [0.3, 0.4) is 0 Å². The van der Waals surface area contributed by atoms with E-state index < -0.39 is 5.82 Å². The van der Waals surface area contributed by atoms with Crippen molar-refractivity contribution in [2.75, 3.05) is 36.5 Å². The molecule has 0 saturated carbocycles. The molecule has 2 aromatic carbocycles. The summed E-state index contributed by atoms with van der Waals surface area (Å²) in [7, 11) is 1.73. The van der Waals surface area contributed by atoms with E-state index in [2.05, 4.69) is 34.5 Å². The van der Waals surface area contributed by atoms with Crippen LogP contribution in [0, 0.1) is 5.82 Å². The fraction of sp³-hybridized carbons (Fsp3) is 0.407. The summed E-state index contributed by atoms with van der Waals surface area (Å²) >= 11 is 0. The van der Waals surface area contributed by atoms with E-state index in [9.17, 15) is 9.18 Å². The molecule has 2 N–H and O–H groups in total. The van der Waals surface area contributed by atoms with Gasteiger partial charge in [0.1, 0.15) is 11.3 Å². The highest BCUT2D eigenvalue weighted by atomic mass is 19.1. The number of ether oxygens (including phenoxy) is 1. The fourth-order valence-corrected chi connectivity index (χ4v) is 5.52. The van der Waals surface area contributed by atoms with Crippen molar-refractivity contribution in [3.05, 3.63) is 53.9 Å². The second-order valence-electron chi connectivity index (χ2n) is 10.2. The number of nitrogens with one attached hydrogen (secondary N) is 2. The first-order valence-corrected chi connectivity index (χ1v) is 12.7. The summed E-state index contributed by atoms with van der Waals surface area (Å²) in [5.41, 5.74) is 2.65. The van der Waals surface area contributed by atoms with E-state index in [0.717, 1.165) is 30.6 Å². The number of hydrogen-bond donors (Lipinski definition) is 2. The van der Waals surface area contributed by atoms with Crippen LogP contribution >= 0.6 is 0 Å². The van der Waals surface area contributed by atoms with Crippen LogP contribution in [0.15, 0.2) is 36.7 Å². The van der Waals surface area contributed by atoms with E-state index in [1.165, 1.54) is 6.07 Å². The van der Waals surface area contributed by atoms with Crippen LogP contribution in [-0.4, -0.2) is 64.0 Å². The number of hydrogen-bond acceptors (Lipinski definition) is 7. The van der Waals surface area contributed by atoms with Crippen molar-refractivity contribution in [3.8, 4) is 0 Å². The average molecular weight is 504 g/mol. The highest BCUT2D eigenvalue weighted by molar-refractivity contribution is 6.14. The van der Waals surface area contributed by atoms with Crippen molar-refractivity contribution >= 4 is 39.1 Å². The molecule has 0 aliphatic carbocycles. The molecule has 10 heteroatoms. The topological polar surface area (TPSA) is 97.2 Å². The molecule has 4 aromatic rings. The van der Waals surface area contributed by atoms with Crippen LogP contribution in [0.1, 0.15) is 42.4 Å². The highest BCUT2D eigenvalue weighted by Gasteiger charge is 2.26. The van der Waals surface area contributed by atoms with E-state index in [0.29, 0.717) is 53.3 Å². The minimum atomic E-state index is -0.485. The molecule has 37 heavy (non-hydrogen) atoms. The van der Waals surface area contributed by atoms with Crippen molar-refractivity contribution in [1.29, 1.82) is 0 Å². The van der Waals surface area contributed by atoms with Gasteiger partial charge in [-0.15, -0.1) is 0 Å². The lowest BCUT2D eigenvalue weighted by Crippen LogP contribution is -2.54. The maximum atomic E-state index is 14.6. The second-order valence-corrected chi connectivity index (χ2v) is 10.2. The molecule has 2 aliphatic rings. The third-order valence-corrected chi connectivity index (χ3v) is 7.12. The number of fused-ring (bicyclic) bond motifs is 2. The molecular weight excluding hydrogens is 473 g/mol. The zero-order chi connectivity index (χ0) is 25.7. The monoisotopic (exact) mass is 503 g/mol. The molecule has 2 saturated heterocycles. The number of rotatable bonds is 4. The van der Waals surface area contributed by atoms with Crippen LogP contribution in [0.4, 0.5) is 15.8 Å². The summed E-state index contributed by atoms with van der Waals surface area (Å²) in [6, 6.07) is 7.45. The first-order chi connectivity index (χ1) is 17.9. The number of benzene rings is 2. The number of halogens is 1. The lowest BCUT2D eigenvalue weighted by Gasteiger charge is -2.38. The Morgan fingerprint density at radius 2 is 2.00 bits per heavy atom. The van der Waals surface area contributed by atoms with Crippen LogP contribution in [0.2, 0.25) is 0 Å². The smallest absolute Gasteiger partial charge is 0.257 e. The van der Waals surface area contributed by atoms with Crippen molar-refractivity contribution in [3.63, 3.8) is 0 Å². The van der Waals surface area contributed by atoms with Crippen LogP contribution < -0.4 is 15.5 Å². The summed E-state index contributed by atoms with van der Waals surface area (Å²) < 4.78 is 21.7. The summed E-state index contributed by atoms with van der Waals surface area (Å²) in [6.45, 7) is 7.27. The van der Waals surface area contributed by atoms with E-state index in [1.54, 1.807) is 24.0 Å². The zero-order valence-electron chi connectivity index (χ0n) is 21.2. The molecule has 0 radical (unpaired) electrons. The minimum Gasteiger partial charge on any atom is -0.381 e. The molecule has 9 nitrogen and oxygen atoms in total. The number of anilines is 2. The molecular formula is C27H30FN7O2. The molecule has 0 bridgehead atoms. The van der Waals surface area contributed by atoms with Gasteiger partial charge in [0.2, 0.25) is 0 Å². The van der Waals surface area contributed by atoms with E-state index >= 15 is 0 Å². The molecule has 2 aromatic heterocycles. The molecule has 6 rings (SSSR count). The van der Waals surface area contributed by atoms with Crippen LogP contribution in [-0.2, 0) is 11.8 Å². The van der Waals surface area contributed by atoms with Gasteiger partial charge >= 0.3 is 0 Å². The Labute approximate surface area is 214 Å². The lowest BCUT2D eigenvalue weighted by molar-refractivity contribution is 0.102. The maximum absolute atomic E-state index is 14.6. The van der Waals surface area contributed by atoms with Crippen molar-refractivity contribution in [2.24, 2.45) is 7.05 Å². The summed E-state index contributed by atoms with van der Waals surface area (Å²) in [6.07, 6.45) is 4.40. The van der Waals surface area contributed by atoms with Crippen LogP contribution in [0.5, 0.6) is 0 Å². The molecule has 192 valence electrons. The van der Waals surface area contributed by atoms with E-state index in [1.807, 2.05) is 18.3 Å². The van der Waals surface area contributed by atoms with Crippen molar-refractivity contribution < 1.29 is 13.9 Å². The molecule has 3 atom stereocenters. The molecule has 2 fully saturated rings. The van der Waals surface area contributed by atoms with Gasteiger partial charge in [0, 0.05) is 79.3 Å². The normalized spacial score (nSPS) is 22.2. The fourth-order valence-electron chi connectivity index (χ4n) is 5.52. The van der Waals surface area contributed by atoms with Gasteiger partial charge in [0.15, 0.2) is 5.82 Å². The van der Waals surface area contributed by atoms with Gasteiger partial charge in [-0.05, 0) is 44.5 Å². The first kappa shape index (κ1) is 23.7. The average Bonchev–Trinajstić information content (AvgIpc) is 3.52. The quantitative estimate of drug-likeness (QED) is 0.439. The van der Waals surface area contributed by atoms with Gasteiger partial charge in [-0.25, -0.2) is 14.4 Å². The van der Waals surface area contributed by atoms with Gasteiger partial charge in [0.05, 0.1) is 17.7 Å². The lowest BCUT2D eigenvalue weighted by atomic mass is 10.0. The van der Waals surface area contributed by atoms with Crippen molar-refractivity contribution in [1.82, 2.24) is 25.1 Å². The summed E-state index contributed by atoms with van der Waals surface area (Å²) in [5.74, 6) is -0.0543. The molecule has 2 aliphatic heterocycles. The predicted molar refractivity (Wildman–Crippen MR) is 141 cm³/mol. The first-order valence-electron chi connectivity index (χ1n) is 12.7. The minimum absolute atomic E-state index is 0.102. The van der Waals surface area contributed by atoms with Gasteiger partial charge in [-0.3, -0.25) is 9.48 Å². The van der Waals surface area contributed by atoms with Crippen LogP contribution in [0.25, 0.3) is 21.8 Å². The second kappa shape index (κ2) is 9.35. The predicted octanol–water partition coefficient (Wildman–Crippen LogP) is 3.60. The zero-order valence-corrected chi connectivity index (χ0v) is 21.2. The number of piperazine rings is 1. The van der Waals surface area contributed by atoms with Gasteiger partial charge < -0.3 is 20.3 Å². The number of carbonyl (C=O) groups excluding carboxylic acids is 1. The Kier molecular flexibility index (Phi) is 6.00. The maximum Gasteiger partial charge on any atom is 0.257 e. The summed E-state index contributed by atoms with van der Waals surface area (Å²) in [5, 5.41) is 12.0. The summed E-state index contributed by atoms with van der Waals surface area (Å²) in [4.78, 5) is 25.5. The van der Waals surface area contributed by atoms with Crippen molar-refractivity contribution in [2.45, 2.75) is 38.3 Å². The number of amides is 1. The third-order valence-electron chi connectivity index (χ3n) is 7.12. The number of nitrogens with zero attached hydrogens (tertiary/aromatic N) is 5. The Morgan fingerprint density at radius 3 is 2.76 bits per heavy atom. The number of carbonyl (C=O) groups is 1. The Morgan fingerprint density at radius 1 is 1.19 bits per heavy atom. The highest BCUT2D eigenvalue weighted by Crippen LogP contribution is 2.32. The number of aromatic nitrogens is 4. The van der Waals surface area contributed by atoms with Gasteiger partial charge in [0.25, 0.3) is 5.91 Å². The third kappa shape index (κ3) is 4.51. The molecule has 1 amide bonds. The van der Waals surface area contributed by atoms with E-state index in [4.69, 9.17) is 14.7 Å². The number of aryl methyl sites for hydroxylation is 1. The Balaban J connectivity index is 1.41. The van der Waals surface area contributed by atoms with Gasteiger partial charge in [-0.2, -0.15) is 5.10 Å². The largest absolute Gasteiger partial charge is 0.381 e. The standard InChI is InChI=1S/C27H30FN7O2/c1-15-11-35(12-16(2)30-15)23-5-4-20(25-21(23)10-29-26(32-25)17-6-7-37-14-17)27(36)31-19-8-18-13-34(3)33-24(18)22(28)9-19/h4-5,8-10,13,15-17,30H,6-7,11-12,14H2,1-3H3,(H,31,36)/t15-,16-,17+/m1/s1. The Hall–Kier alpha value is -3.63. The Bertz CT molecular complexity index is 1490. The van der Waals surface area contributed by atoms with Gasteiger partial charge in [-0.1, -0.05) is 0 Å². The molecule has 0 unspecified atom stereocenters. The molecule has 4 heterocycles. The SMILES string of the molecule is C[C@@H]1CN(c2ccc(C(=O)Nc3cc(F)c4nn(C)cc4c3)c3nc([C@H]4CCOC4)ncc23)C[C@@H](C)N1.